The summed E-state index contributed by atoms with van der Waals surface area (Å²) in [5.74, 6) is 1.13. The van der Waals surface area contributed by atoms with Crippen LogP contribution >= 0.6 is 0 Å². The van der Waals surface area contributed by atoms with E-state index in [0.29, 0.717) is 29.0 Å². The Morgan fingerprint density at radius 1 is 1.32 bits per heavy atom. The number of nitriles is 1. The molecule has 94 valence electrons. The molecule has 2 atom stereocenters. The summed E-state index contributed by atoms with van der Waals surface area (Å²) in [4.78, 5) is 4.20. The third-order valence-corrected chi connectivity index (χ3v) is 3.37. The average molecular weight is 250 g/mol. The molecular weight excluding hydrogens is 236 g/mol. The summed E-state index contributed by atoms with van der Waals surface area (Å²) in [5, 5.41) is 12.4. The molecule has 2 aromatic rings. The first-order valence-electron chi connectivity index (χ1n) is 6.25. The lowest BCUT2D eigenvalue weighted by molar-refractivity contribution is 1.03. The molecule has 1 fully saturated rings. The van der Waals surface area contributed by atoms with Crippen molar-refractivity contribution in [3.05, 3.63) is 53.7 Å². The summed E-state index contributed by atoms with van der Waals surface area (Å²) in [5.41, 5.74) is 7.96. The SMILES string of the molecule is N#Cc1cc(N)cnc1NC1CC1c1ccccc1. The van der Waals surface area contributed by atoms with Crippen LogP contribution in [0.5, 0.6) is 0 Å². The van der Waals surface area contributed by atoms with Crippen molar-refractivity contribution in [1.82, 2.24) is 4.98 Å². The molecule has 3 rings (SSSR count). The lowest BCUT2D eigenvalue weighted by Gasteiger charge is -2.07. The summed E-state index contributed by atoms with van der Waals surface area (Å²) in [6.07, 6.45) is 2.64. The van der Waals surface area contributed by atoms with Gasteiger partial charge >= 0.3 is 0 Å². The molecule has 0 spiro atoms. The van der Waals surface area contributed by atoms with Gasteiger partial charge in [0.05, 0.1) is 17.4 Å². The molecule has 2 unspecified atom stereocenters. The fourth-order valence-corrected chi connectivity index (χ4v) is 2.28. The number of nitrogens with one attached hydrogen (secondary N) is 1. The van der Waals surface area contributed by atoms with E-state index in [0.717, 1.165) is 6.42 Å². The Hall–Kier alpha value is -2.54. The molecule has 0 radical (unpaired) electrons. The van der Waals surface area contributed by atoms with E-state index in [-0.39, 0.29) is 0 Å². The summed E-state index contributed by atoms with van der Waals surface area (Å²) in [6.45, 7) is 0. The van der Waals surface area contributed by atoms with Gasteiger partial charge in [0.1, 0.15) is 11.9 Å². The number of hydrogen-bond acceptors (Lipinski definition) is 4. The number of rotatable bonds is 3. The van der Waals surface area contributed by atoms with E-state index in [1.807, 2.05) is 18.2 Å². The van der Waals surface area contributed by atoms with Gasteiger partial charge in [0.15, 0.2) is 0 Å². The number of nitrogens with two attached hydrogens (primary N) is 1. The van der Waals surface area contributed by atoms with Crippen LogP contribution in [0.25, 0.3) is 0 Å². The lowest BCUT2D eigenvalue weighted by Crippen LogP contribution is -2.08. The zero-order chi connectivity index (χ0) is 13.2. The van der Waals surface area contributed by atoms with Gasteiger partial charge in [-0.05, 0) is 18.1 Å². The average Bonchev–Trinajstić information content (AvgIpc) is 3.21. The summed E-state index contributed by atoms with van der Waals surface area (Å²) in [7, 11) is 0. The highest BCUT2D eigenvalue weighted by molar-refractivity contribution is 5.58. The Labute approximate surface area is 111 Å². The van der Waals surface area contributed by atoms with Gasteiger partial charge in [-0.15, -0.1) is 0 Å². The molecule has 0 amide bonds. The number of nitrogens with zero attached hydrogens (tertiary/aromatic N) is 2. The van der Waals surface area contributed by atoms with E-state index < -0.39 is 0 Å². The predicted molar refractivity (Wildman–Crippen MR) is 74.6 cm³/mol. The van der Waals surface area contributed by atoms with Gasteiger partial charge in [-0.1, -0.05) is 30.3 Å². The zero-order valence-electron chi connectivity index (χ0n) is 10.4. The lowest BCUT2D eigenvalue weighted by atomic mass is 10.1. The molecule has 0 aliphatic heterocycles. The molecule has 1 heterocycles. The van der Waals surface area contributed by atoms with Crippen molar-refractivity contribution in [2.24, 2.45) is 0 Å². The fraction of sp³-hybridized carbons (Fsp3) is 0.200. The van der Waals surface area contributed by atoms with Crippen LogP contribution in [-0.2, 0) is 0 Å². The van der Waals surface area contributed by atoms with Crippen molar-refractivity contribution in [3.8, 4) is 6.07 Å². The van der Waals surface area contributed by atoms with E-state index in [2.05, 4.69) is 28.5 Å². The van der Waals surface area contributed by atoms with E-state index in [1.165, 1.54) is 5.56 Å². The quantitative estimate of drug-likeness (QED) is 0.877. The Balaban J connectivity index is 1.73. The van der Waals surface area contributed by atoms with Crippen LogP contribution in [-0.4, -0.2) is 11.0 Å². The molecule has 3 N–H and O–H groups in total. The van der Waals surface area contributed by atoms with Crippen molar-refractivity contribution < 1.29 is 0 Å². The van der Waals surface area contributed by atoms with Crippen LogP contribution < -0.4 is 11.1 Å². The number of pyridine rings is 1. The van der Waals surface area contributed by atoms with Gasteiger partial charge in [0.2, 0.25) is 0 Å². The second-order valence-electron chi connectivity index (χ2n) is 4.78. The first-order valence-corrected chi connectivity index (χ1v) is 6.25. The van der Waals surface area contributed by atoms with Crippen molar-refractivity contribution in [1.29, 1.82) is 5.26 Å². The van der Waals surface area contributed by atoms with Crippen LogP contribution in [0.4, 0.5) is 11.5 Å². The Morgan fingerprint density at radius 3 is 2.84 bits per heavy atom. The highest BCUT2D eigenvalue weighted by atomic mass is 15.1. The Bertz CT molecular complexity index is 630. The molecular formula is C15H14N4. The van der Waals surface area contributed by atoms with Crippen LogP contribution in [0.1, 0.15) is 23.5 Å². The number of nitrogen functional groups attached to an aromatic ring is 1. The smallest absolute Gasteiger partial charge is 0.144 e. The molecule has 4 heteroatoms. The summed E-state index contributed by atoms with van der Waals surface area (Å²) in [6, 6.07) is 14.5. The fourth-order valence-electron chi connectivity index (χ4n) is 2.28. The Morgan fingerprint density at radius 2 is 2.11 bits per heavy atom. The maximum atomic E-state index is 9.07. The van der Waals surface area contributed by atoms with E-state index >= 15 is 0 Å². The van der Waals surface area contributed by atoms with Crippen LogP contribution in [0.3, 0.4) is 0 Å². The molecule has 1 aromatic heterocycles. The van der Waals surface area contributed by atoms with Gasteiger partial charge in [0.25, 0.3) is 0 Å². The summed E-state index contributed by atoms with van der Waals surface area (Å²) >= 11 is 0. The third-order valence-electron chi connectivity index (χ3n) is 3.37. The van der Waals surface area contributed by atoms with Crippen molar-refractivity contribution in [2.75, 3.05) is 11.1 Å². The van der Waals surface area contributed by atoms with Crippen molar-refractivity contribution in [3.63, 3.8) is 0 Å². The second kappa shape index (κ2) is 4.62. The van der Waals surface area contributed by atoms with Crippen LogP contribution in [0.2, 0.25) is 0 Å². The largest absolute Gasteiger partial charge is 0.397 e. The number of aromatic nitrogens is 1. The summed E-state index contributed by atoms with van der Waals surface area (Å²) < 4.78 is 0. The highest BCUT2D eigenvalue weighted by Gasteiger charge is 2.38. The molecule has 1 aliphatic rings. The molecule has 1 aliphatic carbocycles. The van der Waals surface area contributed by atoms with Gasteiger partial charge in [-0.3, -0.25) is 0 Å². The number of benzene rings is 1. The third kappa shape index (κ3) is 2.36. The minimum atomic E-state index is 0.352. The van der Waals surface area contributed by atoms with E-state index in [9.17, 15) is 0 Å². The van der Waals surface area contributed by atoms with Gasteiger partial charge < -0.3 is 11.1 Å². The standard InChI is InChI=1S/C15H14N4/c16-8-11-6-12(17)9-18-15(11)19-14-7-13(14)10-4-2-1-3-5-10/h1-6,9,13-14H,7,17H2,(H,18,19). The number of hydrogen-bond donors (Lipinski definition) is 2. The number of anilines is 2. The van der Waals surface area contributed by atoms with Crippen molar-refractivity contribution >= 4 is 11.5 Å². The normalized spacial score (nSPS) is 20.6. The monoisotopic (exact) mass is 250 g/mol. The molecule has 4 nitrogen and oxygen atoms in total. The van der Waals surface area contributed by atoms with Gasteiger partial charge in [-0.2, -0.15) is 5.26 Å². The van der Waals surface area contributed by atoms with E-state index in [4.69, 9.17) is 11.0 Å². The van der Waals surface area contributed by atoms with E-state index in [1.54, 1.807) is 12.3 Å². The van der Waals surface area contributed by atoms with Gasteiger partial charge in [-0.25, -0.2) is 4.98 Å². The molecule has 19 heavy (non-hydrogen) atoms. The minimum Gasteiger partial charge on any atom is -0.397 e. The Kier molecular flexibility index (Phi) is 2.81. The first-order chi connectivity index (χ1) is 9.28. The molecule has 0 saturated heterocycles. The topological polar surface area (TPSA) is 74.7 Å². The molecule has 0 bridgehead atoms. The second-order valence-corrected chi connectivity index (χ2v) is 4.78. The highest BCUT2D eigenvalue weighted by Crippen LogP contribution is 2.42. The van der Waals surface area contributed by atoms with Crippen LogP contribution in [0.15, 0.2) is 42.6 Å². The maximum absolute atomic E-state index is 9.07. The van der Waals surface area contributed by atoms with Gasteiger partial charge in [0, 0.05) is 12.0 Å². The predicted octanol–water partition coefficient (Wildman–Crippen LogP) is 2.50. The zero-order valence-corrected chi connectivity index (χ0v) is 10.4. The van der Waals surface area contributed by atoms with Crippen molar-refractivity contribution in [2.45, 2.75) is 18.4 Å². The molecule has 1 aromatic carbocycles. The van der Waals surface area contributed by atoms with Crippen LogP contribution in [0, 0.1) is 11.3 Å². The molecule has 1 saturated carbocycles. The minimum absolute atomic E-state index is 0.352. The first kappa shape index (κ1) is 11.5. The maximum Gasteiger partial charge on any atom is 0.144 e.